The zero-order valence-electron chi connectivity index (χ0n) is 14.1. The second kappa shape index (κ2) is 10.7. The number of carbonyl (C=O) groups excluding carboxylic acids is 2. The van der Waals surface area contributed by atoms with Crippen molar-refractivity contribution in [3.05, 3.63) is 0 Å². The van der Waals surface area contributed by atoms with Crippen molar-refractivity contribution in [2.45, 2.75) is 39.7 Å². The Balaban J connectivity index is 4.02. The lowest BCUT2D eigenvalue weighted by molar-refractivity contribution is -0.140. The zero-order chi connectivity index (χ0) is 17.0. The van der Waals surface area contributed by atoms with Gasteiger partial charge in [0, 0.05) is 19.6 Å². The van der Waals surface area contributed by atoms with Crippen molar-refractivity contribution in [3.63, 3.8) is 0 Å². The molecular weight excluding hydrogens is 288 g/mol. The molecule has 0 unspecified atom stereocenters. The van der Waals surface area contributed by atoms with Gasteiger partial charge in [0.05, 0.1) is 20.1 Å². The Bertz CT molecular complexity index is 378. The summed E-state index contributed by atoms with van der Waals surface area (Å²) in [5, 5.41) is 8.73. The number of carbonyl (C=O) groups is 2. The SMILES string of the molecule is CCNC(=NCCC(=O)OC)NCCNC(=O)OC(C)(C)C. The molecule has 0 fully saturated rings. The summed E-state index contributed by atoms with van der Waals surface area (Å²) < 4.78 is 9.67. The average molecular weight is 316 g/mol. The third-order valence-corrected chi connectivity index (χ3v) is 2.24. The van der Waals surface area contributed by atoms with Crippen LogP contribution < -0.4 is 16.0 Å². The summed E-state index contributed by atoms with van der Waals surface area (Å²) in [5.74, 6) is 0.281. The first-order chi connectivity index (χ1) is 10.3. The number of alkyl carbamates (subject to hydrolysis) is 1. The van der Waals surface area contributed by atoms with Gasteiger partial charge in [-0.05, 0) is 27.7 Å². The molecule has 0 aliphatic carbocycles. The van der Waals surface area contributed by atoms with E-state index >= 15 is 0 Å². The maximum atomic E-state index is 11.5. The van der Waals surface area contributed by atoms with Crippen molar-refractivity contribution < 1.29 is 19.1 Å². The summed E-state index contributed by atoms with van der Waals surface area (Å²) in [6.07, 6.45) is -0.231. The van der Waals surface area contributed by atoms with Crippen LogP contribution in [-0.2, 0) is 14.3 Å². The molecule has 0 saturated carbocycles. The van der Waals surface area contributed by atoms with Crippen molar-refractivity contribution in [2.24, 2.45) is 4.99 Å². The van der Waals surface area contributed by atoms with E-state index in [0.29, 0.717) is 32.1 Å². The number of hydrogen-bond donors (Lipinski definition) is 3. The van der Waals surface area contributed by atoms with E-state index in [1.54, 1.807) is 0 Å². The first-order valence-electron chi connectivity index (χ1n) is 7.34. The Morgan fingerprint density at radius 2 is 1.73 bits per heavy atom. The smallest absolute Gasteiger partial charge is 0.407 e. The first kappa shape index (κ1) is 20.0. The molecule has 0 atom stereocenters. The normalized spacial score (nSPS) is 11.6. The van der Waals surface area contributed by atoms with Gasteiger partial charge in [-0.15, -0.1) is 0 Å². The summed E-state index contributed by atoms with van der Waals surface area (Å²) in [6, 6.07) is 0. The fourth-order valence-electron chi connectivity index (χ4n) is 1.36. The molecule has 128 valence electrons. The number of nitrogens with one attached hydrogen (secondary N) is 3. The largest absolute Gasteiger partial charge is 0.469 e. The highest BCUT2D eigenvalue weighted by Gasteiger charge is 2.15. The molecule has 0 saturated heterocycles. The minimum atomic E-state index is -0.512. The maximum absolute atomic E-state index is 11.5. The van der Waals surface area contributed by atoms with Crippen LogP contribution in [0.4, 0.5) is 4.79 Å². The van der Waals surface area contributed by atoms with Gasteiger partial charge in [-0.25, -0.2) is 4.79 Å². The second-order valence-electron chi connectivity index (χ2n) is 5.44. The zero-order valence-corrected chi connectivity index (χ0v) is 14.1. The number of methoxy groups -OCH3 is 1. The van der Waals surface area contributed by atoms with Crippen molar-refractivity contribution in [3.8, 4) is 0 Å². The monoisotopic (exact) mass is 316 g/mol. The number of amides is 1. The molecular formula is C14H28N4O4. The number of nitrogens with zero attached hydrogens (tertiary/aromatic N) is 1. The molecule has 0 aromatic rings. The quantitative estimate of drug-likeness (QED) is 0.276. The van der Waals surface area contributed by atoms with Crippen LogP contribution in [0.2, 0.25) is 0 Å². The van der Waals surface area contributed by atoms with Gasteiger partial charge in [0.25, 0.3) is 0 Å². The highest BCUT2D eigenvalue weighted by molar-refractivity contribution is 5.80. The number of ether oxygens (including phenoxy) is 2. The van der Waals surface area contributed by atoms with Crippen LogP contribution in [0.15, 0.2) is 4.99 Å². The van der Waals surface area contributed by atoms with Gasteiger partial charge in [0.1, 0.15) is 5.60 Å². The van der Waals surface area contributed by atoms with Crippen LogP contribution in [0, 0.1) is 0 Å². The van der Waals surface area contributed by atoms with E-state index in [-0.39, 0.29) is 12.4 Å². The molecule has 22 heavy (non-hydrogen) atoms. The number of guanidine groups is 1. The molecule has 0 radical (unpaired) electrons. The van der Waals surface area contributed by atoms with Crippen molar-refractivity contribution in [2.75, 3.05) is 33.3 Å². The van der Waals surface area contributed by atoms with Crippen molar-refractivity contribution >= 4 is 18.0 Å². The number of rotatable bonds is 7. The first-order valence-corrected chi connectivity index (χ1v) is 7.34. The summed E-state index contributed by atoms with van der Waals surface area (Å²) in [5.41, 5.74) is -0.512. The molecule has 0 heterocycles. The van der Waals surface area contributed by atoms with E-state index in [9.17, 15) is 9.59 Å². The van der Waals surface area contributed by atoms with Gasteiger partial charge < -0.3 is 25.4 Å². The molecule has 3 N–H and O–H groups in total. The van der Waals surface area contributed by atoms with E-state index in [2.05, 4.69) is 25.7 Å². The lowest BCUT2D eigenvalue weighted by Crippen LogP contribution is -2.42. The Morgan fingerprint density at radius 1 is 1.09 bits per heavy atom. The minimum Gasteiger partial charge on any atom is -0.469 e. The lowest BCUT2D eigenvalue weighted by Gasteiger charge is -2.19. The highest BCUT2D eigenvalue weighted by Crippen LogP contribution is 2.05. The van der Waals surface area contributed by atoms with Gasteiger partial charge in [-0.3, -0.25) is 9.79 Å². The molecule has 0 aromatic carbocycles. The summed E-state index contributed by atoms with van der Waals surface area (Å²) in [7, 11) is 1.35. The molecule has 8 heteroatoms. The van der Waals surface area contributed by atoms with E-state index in [1.807, 2.05) is 27.7 Å². The molecule has 8 nitrogen and oxygen atoms in total. The Kier molecular flexibility index (Phi) is 9.73. The fourth-order valence-corrected chi connectivity index (χ4v) is 1.36. The van der Waals surface area contributed by atoms with Gasteiger partial charge in [0.15, 0.2) is 5.96 Å². The predicted octanol–water partition coefficient (Wildman–Crippen LogP) is 0.629. The van der Waals surface area contributed by atoms with E-state index in [1.165, 1.54) is 7.11 Å². The van der Waals surface area contributed by atoms with E-state index < -0.39 is 11.7 Å². The van der Waals surface area contributed by atoms with Crippen molar-refractivity contribution in [1.82, 2.24) is 16.0 Å². The molecule has 0 aromatic heterocycles. The third-order valence-electron chi connectivity index (χ3n) is 2.24. The Hall–Kier alpha value is -1.99. The number of hydrogen-bond acceptors (Lipinski definition) is 5. The van der Waals surface area contributed by atoms with Gasteiger partial charge in [0.2, 0.25) is 0 Å². The second-order valence-corrected chi connectivity index (χ2v) is 5.44. The minimum absolute atomic E-state index is 0.225. The number of aliphatic imine (C=N–C) groups is 1. The molecule has 1 amide bonds. The maximum Gasteiger partial charge on any atom is 0.407 e. The fraction of sp³-hybridized carbons (Fsp3) is 0.786. The van der Waals surface area contributed by atoms with Gasteiger partial charge in [-0.1, -0.05) is 0 Å². The van der Waals surface area contributed by atoms with Crippen LogP contribution in [0.25, 0.3) is 0 Å². The standard InChI is InChI=1S/C14H28N4O4/c1-6-15-12(16-8-7-11(19)21-5)17-9-10-18-13(20)22-14(2,3)4/h6-10H2,1-5H3,(H,18,20)(H2,15,16,17). The topological polar surface area (TPSA) is 101 Å². The highest BCUT2D eigenvalue weighted by atomic mass is 16.6. The van der Waals surface area contributed by atoms with Crippen LogP contribution in [0.1, 0.15) is 34.1 Å². The van der Waals surface area contributed by atoms with Crippen LogP contribution >= 0.6 is 0 Å². The van der Waals surface area contributed by atoms with Gasteiger partial charge >= 0.3 is 12.1 Å². The third kappa shape index (κ3) is 11.8. The van der Waals surface area contributed by atoms with Gasteiger partial charge in [-0.2, -0.15) is 0 Å². The summed E-state index contributed by atoms with van der Waals surface area (Å²) >= 11 is 0. The van der Waals surface area contributed by atoms with Crippen LogP contribution in [0.5, 0.6) is 0 Å². The summed E-state index contributed by atoms with van der Waals surface area (Å²) in [4.78, 5) is 26.7. The summed E-state index contributed by atoms with van der Waals surface area (Å²) in [6.45, 7) is 9.29. The Labute approximate surface area is 132 Å². The van der Waals surface area contributed by atoms with Crippen molar-refractivity contribution in [1.29, 1.82) is 0 Å². The predicted molar refractivity (Wildman–Crippen MR) is 84.9 cm³/mol. The molecule has 0 bridgehead atoms. The van der Waals surface area contributed by atoms with Crippen LogP contribution in [-0.4, -0.2) is 56.9 Å². The molecule has 0 aliphatic heterocycles. The van der Waals surface area contributed by atoms with E-state index in [0.717, 1.165) is 0 Å². The number of esters is 1. The molecule has 0 spiro atoms. The van der Waals surface area contributed by atoms with Crippen LogP contribution in [0.3, 0.4) is 0 Å². The lowest BCUT2D eigenvalue weighted by atomic mass is 10.2. The molecule has 0 rings (SSSR count). The van der Waals surface area contributed by atoms with E-state index in [4.69, 9.17) is 4.74 Å². The molecule has 0 aliphatic rings. The average Bonchev–Trinajstić information content (AvgIpc) is 2.41. The Morgan fingerprint density at radius 3 is 2.27 bits per heavy atom.